The van der Waals surface area contributed by atoms with E-state index in [9.17, 15) is 0 Å². The Bertz CT molecular complexity index is 2360. The molecule has 0 bridgehead atoms. The van der Waals surface area contributed by atoms with Crippen molar-refractivity contribution in [2.24, 2.45) is 0 Å². The molecule has 0 spiro atoms. The SMILES string of the molecule is c1ccc(-c2ccc(N(c3ccc4c(c3)c3c(c5ccccc54)NC(c4ccccc4)O3)c3cccc4ccccc34)cc2)cc1. The summed E-state index contributed by atoms with van der Waals surface area (Å²) in [6.45, 7) is 0. The summed E-state index contributed by atoms with van der Waals surface area (Å²) < 4.78 is 6.77. The molecule has 0 fully saturated rings. The van der Waals surface area contributed by atoms with Gasteiger partial charge < -0.3 is 15.0 Å². The van der Waals surface area contributed by atoms with Gasteiger partial charge in [0.1, 0.15) is 0 Å². The van der Waals surface area contributed by atoms with E-state index in [1.807, 2.05) is 6.07 Å². The van der Waals surface area contributed by atoms with Crippen LogP contribution in [0.15, 0.2) is 170 Å². The molecule has 218 valence electrons. The summed E-state index contributed by atoms with van der Waals surface area (Å²) in [4.78, 5) is 2.37. The fourth-order valence-electron chi connectivity index (χ4n) is 6.87. The zero-order valence-electron chi connectivity index (χ0n) is 25.1. The van der Waals surface area contributed by atoms with Crippen molar-refractivity contribution in [1.82, 2.24) is 0 Å². The third-order valence-electron chi connectivity index (χ3n) is 9.07. The molecule has 9 rings (SSSR count). The van der Waals surface area contributed by atoms with Gasteiger partial charge in [-0.15, -0.1) is 0 Å². The smallest absolute Gasteiger partial charge is 0.196 e. The molecule has 0 saturated carbocycles. The van der Waals surface area contributed by atoms with Crippen LogP contribution in [0.1, 0.15) is 11.8 Å². The van der Waals surface area contributed by atoms with E-state index in [1.165, 1.54) is 38.1 Å². The van der Waals surface area contributed by atoms with E-state index < -0.39 is 0 Å². The number of ether oxygens (including phenoxy) is 1. The van der Waals surface area contributed by atoms with E-state index in [2.05, 4.69) is 174 Å². The first kappa shape index (κ1) is 26.4. The predicted molar refractivity (Wildman–Crippen MR) is 193 cm³/mol. The number of hydrogen-bond donors (Lipinski definition) is 1. The molecule has 1 unspecified atom stereocenters. The van der Waals surface area contributed by atoms with Crippen molar-refractivity contribution in [3.8, 4) is 16.9 Å². The van der Waals surface area contributed by atoms with Crippen LogP contribution in [-0.4, -0.2) is 0 Å². The van der Waals surface area contributed by atoms with Crippen molar-refractivity contribution in [2.45, 2.75) is 6.23 Å². The van der Waals surface area contributed by atoms with Crippen molar-refractivity contribution >= 4 is 55.1 Å². The highest BCUT2D eigenvalue weighted by Crippen LogP contribution is 2.50. The van der Waals surface area contributed by atoms with Gasteiger partial charge in [0.15, 0.2) is 12.0 Å². The van der Waals surface area contributed by atoms with E-state index in [4.69, 9.17) is 4.74 Å². The van der Waals surface area contributed by atoms with Crippen LogP contribution in [0, 0.1) is 0 Å². The van der Waals surface area contributed by atoms with Crippen LogP contribution in [0.2, 0.25) is 0 Å². The molecular formula is C43H30N2O. The molecule has 46 heavy (non-hydrogen) atoms. The summed E-state index contributed by atoms with van der Waals surface area (Å²) >= 11 is 0. The fourth-order valence-corrected chi connectivity index (χ4v) is 6.87. The molecule has 8 aromatic rings. The maximum atomic E-state index is 6.77. The molecule has 1 aliphatic heterocycles. The minimum Gasteiger partial charge on any atom is -0.464 e. The topological polar surface area (TPSA) is 24.5 Å². The minimum absolute atomic E-state index is 0.256. The van der Waals surface area contributed by atoms with Crippen LogP contribution in [-0.2, 0) is 0 Å². The summed E-state index contributed by atoms with van der Waals surface area (Å²) in [5.41, 5.74) is 7.83. The van der Waals surface area contributed by atoms with Gasteiger partial charge in [-0.25, -0.2) is 0 Å². The molecular weight excluding hydrogens is 560 g/mol. The minimum atomic E-state index is -0.256. The van der Waals surface area contributed by atoms with Gasteiger partial charge in [0.05, 0.1) is 11.4 Å². The van der Waals surface area contributed by atoms with Crippen LogP contribution in [0.5, 0.6) is 5.75 Å². The van der Waals surface area contributed by atoms with Gasteiger partial charge in [0.25, 0.3) is 0 Å². The number of hydrogen-bond acceptors (Lipinski definition) is 3. The molecule has 1 heterocycles. The lowest BCUT2D eigenvalue weighted by molar-refractivity contribution is 0.262. The molecule has 3 nitrogen and oxygen atoms in total. The Morgan fingerprint density at radius 2 is 1.07 bits per heavy atom. The van der Waals surface area contributed by atoms with Crippen LogP contribution in [0.4, 0.5) is 22.7 Å². The van der Waals surface area contributed by atoms with Crippen LogP contribution >= 0.6 is 0 Å². The standard InChI is InChI=1S/C43H30N2O/c1-3-12-29(13-4-1)30-22-24-33(25-23-30)45(40-21-11-17-31-14-7-8-18-35(31)40)34-26-27-37-36-19-9-10-20-38(36)41-42(39(37)28-34)46-43(44-41)32-15-5-2-6-16-32/h1-28,43-44H. The monoisotopic (exact) mass is 590 g/mol. The third kappa shape index (κ3) is 4.36. The molecule has 8 aromatic carbocycles. The second-order valence-corrected chi connectivity index (χ2v) is 11.8. The Balaban J connectivity index is 1.25. The second-order valence-electron chi connectivity index (χ2n) is 11.8. The van der Waals surface area contributed by atoms with Crippen molar-refractivity contribution < 1.29 is 4.74 Å². The van der Waals surface area contributed by atoms with Gasteiger partial charge in [0, 0.05) is 33.1 Å². The van der Waals surface area contributed by atoms with Gasteiger partial charge in [-0.05, 0) is 57.6 Å². The van der Waals surface area contributed by atoms with Crippen molar-refractivity contribution in [3.05, 3.63) is 175 Å². The van der Waals surface area contributed by atoms with Crippen molar-refractivity contribution in [2.75, 3.05) is 10.2 Å². The van der Waals surface area contributed by atoms with Gasteiger partial charge >= 0.3 is 0 Å². The zero-order valence-corrected chi connectivity index (χ0v) is 25.1. The van der Waals surface area contributed by atoms with E-state index >= 15 is 0 Å². The highest BCUT2D eigenvalue weighted by molar-refractivity contribution is 6.18. The first-order valence-electron chi connectivity index (χ1n) is 15.7. The quantitative estimate of drug-likeness (QED) is 0.202. The van der Waals surface area contributed by atoms with E-state index in [0.717, 1.165) is 39.4 Å². The third-order valence-corrected chi connectivity index (χ3v) is 9.07. The molecule has 0 amide bonds. The Kier molecular flexibility index (Phi) is 6.20. The molecule has 0 radical (unpaired) electrons. The van der Waals surface area contributed by atoms with Gasteiger partial charge in [-0.2, -0.15) is 0 Å². The molecule has 0 aliphatic carbocycles. The lowest BCUT2D eigenvalue weighted by Gasteiger charge is -2.27. The molecule has 1 atom stereocenters. The Labute approximate surface area is 267 Å². The highest BCUT2D eigenvalue weighted by Gasteiger charge is 2.28. The average molecular weight is 591 g/mol. The van der Waals surface area contributed by atoms with Gasteiger partial charge in [-0.3, -0.25) is 0 Å². The zero-order chi connectivity index (χ0) is 30.5. The second kappa shape index (κ2) is 10.8. The van der Waals surface area contributed by atoms with E-state index in [-0.39, 0.29) is 6.23 Å². The highest BCUT2D eigenvalue weighted by atomic mass is 16.5. The average Bonchev–Trinajstić information content (AvgIpc) is 3.59. The molecule has 3 heteroatoms. The molecule has 1 aliphatic rings. The Morgan fingerprint density at radius 3 is 1.87 bits per heavy atom. The number of anilines is 4. The summed E-state index contributed by atoms with van der Waals surface area (Å²) in [6, 6.07) is 60.3. The van der Waals surface area contributed by atoms with Crippen LogP contribution in [0.3, 0.4) is 0 Å². The number of fused-ring (bicyclic) bond motifs is 7. The Hall–Kier alpha value is -6.06. The summed E-state index contributed by atoms with van der Waals surface area (Å²) in [5.74, 6) is 0.890. The predicted octanol–water partition coefficient (Wildman–Crippen LogP) is 11.8. The first-order chi connectivity index (χ1) is 22.8. The normalized spacial score (nSPS) is 13.8. The van der Waals surface area contributed by atoms with Gasteiger partial charge in [-0.1, -0.05) is 140 Å². The molecule has 1 N–H and O–H groups in total. The van der Waals surface area contributed by atoms with Crippen LogP contribution < -0.4 is 15.0 Å². The number of nitrogens with zero attached hydrogens (tertiary/aromatic N) is 1. The first-order valence-corrected chi connectivity index (χ1v) is 15.7. The van der Waals surface area contributed by atoms with E-state index in [0.29, 0.717) is 0 Å². The lowest BCUT2D eigenvalue weighted by Crippen LogP contribution is -2.10. The van der Waals surface area contributed by atoms with Gasteiger partial charge in [0.2, 0.25) is 0 Å². The fraction of sp³-hybridized carbons (Fsp3) is 0.0233. The van der Waals surface area contributed by atoms with Crippen molar-refractivity contribution in [3.63, 3.8) is 0 Å². The lowest BCUT2D eigenvalue weighted by atomic mass is 9.98. The molecule has 0 saturated heterocycles. The number of nitrogens with one attached hydrogen (secondary N) is 1. The summed E-state index contributed by atoms with van der Waals surface area (Å²) in [6.07, 6.45) is -0.256. The molecule has 0 aromatic heterocycles. The van der Waals surface area contributed by atoms with E-state index in [1.54, 1.807) is 0 Å². The number of rotatable bonds is 5. The largest absolute Gasteiger partial charge is 0.464 e. The maximum absolute atomic E-state index is 6.77. The number of benzene rings is 8. The summed E-state index contributed by atoms with van der Waals surface area (Å²) in [5, 5.41) is 10.7. The summed E-state index contributed by atoms with van der Waals surface area (Å²) in [7, 11) is 0. The maximum Gasteiger partial charge on any atom is 0.196 e. The van der Waals surface area contributed by atoms with Crippen LogP contribution in [0.25, 0.3) is 43.4 Å². The Morgan fingerprint density at radius 1 is 0.457 bits per heavy atom. The van der Waals surface area contributed by atoms with Crippen molar-refractivity contribution in [1.29, 1.82) is 0 Å².